The summed E-state index contributed by atoms with van der Waals surface area (Å²) in [5, 5.41) is 3.04. The number of carbonyl (C=O) groups excluding carboxylic acids is 2. The number of rotatable bonds is 2. The monoisotopic (exact) mass is 181 g/mol. The van der Waals surface area contributed by atoms with Crippen molar-refractivity contribution < 1.29 is 14.3 Å². The fraction of sp³-hybridized carbons (Fsp3) is 0.667. The third-order valence-electron chi connectivity index (χ3n) is 2.52. The van der Waals surface area contributed by atoms with Crippen molar-refractivity contribution in [3.8, 4) is 0 Å². The van der Waals surface area contributed by atoms with Crippen LogP contribution in [0.15, 0.2) is 5.57 Å². The maximum absolute atomic E-state index is 11.3. The van der Waals surface area contributed by atoms with Crippen LogP contribution < -0.4 is 5.32 Å². The van der Waals surface area contributed by atoms with E-state index in [1.165, 1.54) is 0 Å². The molecule has 1 N–H and O–H groups in total. The number of esters is 1. The van der Waals surface area contributed by atoms with E-state index in [0.29, 0.717) is 18.2 Å². The Hall–Kier alpha value is -1.12. The molecule has 3 unspecified atom stereocenters. The molecule has 4 heteroatoms. The van der Waals surface area contributed by atoms with Gasteiger partial charge in [-0.15, -0.1) is 0 Å². The summed E-state index contributed by atoms with van der Waals surface area (Å²) in [7, 11) is 0. The fourth-order valence-electron chi connectivity index (χ4n) is 1.80. The van der Waals surface area contributed by atoms with Crippen molar-refractivity contribution in [2.45, 2.75) is 25.4 Å². The van der Waals surface area contributed by atoms with Crippen molar-refractivity contribution >= 4 is 11.9 Å². The van der Waals surface area contributed by atoms with Gasteiger partial charge in [0.15, 0.2) is 0 Å². The zero-order chi connectivity index (χ0) is 9.42. The highest BCUT2D eigenvalue weighted by Gasteiger charge is 2.53. The molecule has 0 radical (unpaired) electrons. The molecule has 0 aromatic rings. The molecular weight excluding hydrogens is 170 g/mol. The van der Waals surface area contributed by atoms with Crippen molar-refractivity contribution in [1.29, 1.82) is 0 Å². The zero-order valence-electron chi connectivity index (χ0n) is 7.37. The van der Waals surface area contributed by atoms with Crippen molar-refractivity contribution in [2.24, 2.45) is 5.92 Å². The Balaban J connectivity index is 2.08. The summed E-state index contributed by atoms with van der Waals surface area (Å²) in [4.78, 5) is 21.8. The van der Waals surface area contributed by atoms with Crippen LogP contribution in [0.3, 0.4) is 0 Å². The second kappa shape index (κ2) is 2.98. The van der Waals surface area contributed by atoms with E-state index < -0.39 is 6.04 Å². The second-order valence-corrected chi connectivity index (χ2v) is 3.36. The molecule has 3 atom stereocenters. The molecule has 2 rings (SSSR count). The number of ether oxygens (including phenoxy) is 1. The average Bonchev–Trinajstić information content (AvgIpc) is 2.78. The summed E-state index contributed by atoms with van der Waals surface area (Å²) in [6, 6.07) is -0.216. The molecule has 1 saturated heterocycles. The molecular formula is C9H11NO3. The number of hydrogen-bond donors (Lipinski definition) is 1. The first kappa shape index (κ1) is 8.48. The molecule has 1 saturated carbocycles. The molecule has 0 spiro atoms. The first-order valence-corrected chi connectivity index (χ1v) is 4.45. The summed E-state index contributed by atoms with van der Waals surface area (Å²) in [5.74, 6) is 1.74. The third kappa shape index (κ3) is 1.28. The van der Waals surface area contributed by atoms with Gasteiger partial charge < -0.3 is 4.74 Å². The van der Waals surface area contributed by atoms with Crippen molar-refractivity contribution in [3.05, 3.63) is 5.57 Å². The van der Waals surface area contributed by atoms with Crippen molar-refractivity contribution in [1.82, 2.24) is 5.32 Å². The molecule has 0 bridgehead atoms. The van der Waals surface area contributed by atoms with Crippen molar-refractivity contribution in [2.75, 3.05) is 6.61 Å². The maximum Gasteiger partial charge on any atom is 0.328 e. The van der Waals surface area contributed by atoms with E-state index in [-0.39, 0.29) is 11.9 Å². The van der Waals surface area contributed by atoms with E-state index in [1.807, 2.05) is 5.94 Å². The van der Waals surface area contributed by atoms with E-state index in [0.717, 1.165) is 6.42 Å². The molecule has 1 heterocycles. The predicted molar refractivity (Wildman–Crippen MR) is 44.7 cm³/mol. The predicted octanol–water partition coefficient (Wildman–Crippen LogP) is -0.332. The van der Waals surface area contributed by atoms with Crippen molar-refractivity contribution in [3.63, 3.8) is 0 Å². The smallest absolute Gasteiger partial charge is 0.328 e. The quantitative estimate of drug-likeness (QED) is 0.468. The zero-order valence-corrected chi connectivity index (χ0v) is 7.37. The molecule has 0 aromatic heterocycles. The SMILES string of the molecule is CCOC(=O)C1NC2CC2C1=C=O. The number of fused-ring (bicyclic) bond motifs is 1. The lowest BCUT2D eigenvalue weighted by Crippen LogP contribution is -2.36. The molecule has 0 aromatic carbocycles. The number of nitrogens with one attached hydrogen (secondary N) is 1. The lowest BCUT2D eigenvalue weighted by atomic mass is 10.1. The highest BCUT2D eigenvalue weighted by molar-refractivity contribution is 5.85. The van der Waals surface area contributed by atoms with Gasteiger partial charge in [0.2, 0.25) is 0 Å². The molecule has 13 heavy (non-hydrogen) atoms. The molecule has 1 aliphatic heterocycles. The van der Waals surface area contributed by atoms with Gasteiger partial charge in [-0.2, -0.15) is 0 Å². The third-order valence-corrected chi connectivity index (χ3v) is 2.52. The minimum Gasteiger partial charge on any atom is -0.465 e. The fourth-order valence-corrected chi connectivity index (χ4v) is 1.80. The van der Waals surface area contributed by atoms with Gasteiger partial charge >= 0.3 is 5.97 Å². The van der Waals surface area contributed by atoms with Crippen LogP contribution in [0.4, 0.5) is 0 Å². The van der Waals surface area contributed by atoms with Gasteiger partial charge in [0.1, 0.15) is 12.0 Å². The van der Waals surface area contributed by atoms with Crippen LogP contribution in [-0.4, -0.2) is 30.6 Å². The summed E-state index contributed by atoms with van der Waals surface area (Å²) in [6.45, 7) is 2.09. The van der Waals surface area contributed by atoms with E-state index in [9.17, 15) is 9.59 Å². The Bertz CT molecular complexity index is 293. The number of piperidine rings is 1. The Morgan fingerprint density at radius 1 is 1.77 bits per heavy atom. The number of hydrogen-bond acceptors (Lipinski definition) is 4. The second-order valence-electron chi connectivity index (χ2n) is 3.36. The Morgan fingerprint density at radius 3 is 3.15 bits per heavy atom. The van der Waals surface area contributed by atoms with E-state index >= 15 is 0 Å². The first-order chi connectivity index (χ1) is 6.27. The topological polar surface area (TPSA) is 55.4 Å². The summed E-state index contributed by atoms with van der Waals surface area (Å²) in [6.07, 6.45) is 0.959. The van der Waals surface area contributed by atoms with E-state index in [4.69, 9.17) is 4.74 Å². The first-order valence-electron chi connectivity index (χ1n) is 4.45. The van der Waals surface area contributed by atoms with Gasteiger partial charge in [0, 0.05) is 17.5 Å². The van der Waals surface area contributed by atoms with Crippen LogP contribution in [0.1, 0.15) is 13.3 Å². The van der Waals surface area contributed by atoms with Crippen LogP contribution in [0.25, 0.3) is 0 Å². The minimum atomic E-state index is -0.527. The van der Waals surface area contributed by atoms with Crippen LogP contribution in [-0.2, 0) is 14.3 Å². The Labute approximate surface area is 75.9 Å². The summed E-state index contributed by atoms with van der Waals surface area (Å²) in [5.41, 5.74) is 0.545. The maximum atomic E-state index is 11.3. The molecule has 2 aliphatic rings. The lowest BCUT2D eigenvalue weighted by molar-refractivity contribution is -0.144. The van der Waals surface area contributed by atoms with Gasteiger partial charge in [0.25, 0.3) is 0 Å². The van der Waals surface area contributed by atoms with Gasteiger partial charge in [0.05, 0.1) is 6.61 Å². The average molecular weight is 181 g/mol. The van der Waals surface area contributed by atoms with Gasteiger partial charge in [-0.25, -0.2) is 9.59 Å². The largest absolute Gasteiger partial charge is 0.465 e. The molecule has 2 fully saturated rings. The highest BCUT2D eigenvalue weighted by atomic mass is 16.5. The van der Waals surface area contributed by atoms with Gasteiger partial charge in [-0.05, 0) is 13.3 Å². The van der Waals surface area contributed by atoms with Crippen LogP contribution in [0.2, 0.25) is 0 Å². The van der Waals surface area contributed by atoms with E-state index in [1.54, 1.807) is 6.92 Å². The lowest BCUT2D eigenvalue weighted by Gasteiger charge is -2.11. The Morgan fingerprint density at radius 2 is 2.54 bits per heavy atom. The summed E-state index contributed by atoms with van der Waals surface area (Å²) >= 11 is 0. The van der Waals surface area contributed by atoms with Crippen LogP contribution >= 0.6 is 0 Å². The normalized spacial score (nSPS) is 35.2. The van der Waals surface area contributed by atoms with Gasteiger partial charge in [-0.1, -0.05) is 0 Å². The molecule has 0 amide bonds. The summed E-state index contributed by atoms with van der Waals surface area (Å²) < 4.78 is 4.83. The Kier molecular flexibility index (Phi) is 1.94. The molecule has 1 aliphatic carbocycles. The molecule has 4 nitrogen and oxygen atoms in total. The van der Waals surface area contributed by atoms with Crippen LogP contribution in [0.5, 0.6) is 0 Å². The standard InChI is InChI=1S/C9H11NO3/c1-2-13-9(12)8-6(4-11)5-3-7(5)10-8/h5,7-8,10H,2-3H2,1H3. The van der Waals surface area contributed by atoms with E-state index in [2.05, 4.69) is 5.32 Å². The minimum absolute atomic E-state index is 0.243. The van der Waals surface area contributed by atoms with Gasteiger partial charge in [-0.3, -0.25) is 5.32 Å². The molecule has 70 valence electrons. The highest BCUT2D eigenvalue weighted by Crippen LogP contribution is 2.43. The number of carbonyl (C=O) groups is 1. The van der Waals surface area contributed by atoms with Crippen LogP contribution in [0, 0.1) is 5.92 Å².